The first-order chi connectivity index (χ1) is 11.1. The zero-order valence-electron chi connectivity index (χ0n) is 13.0. The Morgan fingerprint density at radius 3 is 2.96 bits per heavy atom. The molecule has 116 valence electrons. The molecule has 0 aliphatic heterocycles. The van der Waals surface area contributed by atoms with Gasteiger partial charge in [-0.15, -0.1) is 0 Å². The zero-order chi connectivity index (χ0) is 15.7. The van der Waals surface area contributed by atoms with Crippen molar-refractivity contribution >= 4 is 22.0 Å². The maximum atomic E-state index is 11.7. The Hall–Kier alpha value is -2.76. The lowest BCUT2D eigenvalue weighted by Gasteiger charge is -1.99. The van der Waals surface area contributed by atoms with Crippen LogP contribution in [0.4, 0.5) is 0 Å². The summed E-state index contributed by atoms with van der Waals surface area (Å²) in [6, 6.07) is 3.97. The van der Waals surface area contributed by atoms with Gasteiger partial charge in [-0.2, -0.15) is 5.10 Å². The first kappa shape index (κ1) is 12.8. The first-order valence-electron chi connectivity index (χ1n) is 7.82. The molecular formula is C17H16N4O2. The van der Waals surface area contributed by atoms with Crippen molar-refractivity contribution < 1.29 is 4.42 Å². The summed E-state index contributed by atoms with van der Waals surface area (Å²) in [5.41, 5.74) is 8.26. The Morgan fingerprint density at radius 2 is 2.09 bits per heavy atom. The van der Waals surface area contributed by atoms with Crippen molar-refractivity contribution in [1.29, 1.82) is 0 Å². The van der Waals surface area contributed by atoms with Crippen molar-refractivity contribution in [3.8, 4) is 11.4 Å². The van der Waals surface area contributed by atoms with Crippen molar-refractivity contribution in [1.82, 2.24) is 19.7 Å². The van der Waals surface area contributed by atoms with Gasteiger partial charge in [-0.1, -0.05) is 0 Å². The minimum atomic E-state index is -0.330. The molecule has 23 heavy (non-hydrogen) atoms. The number of nitrogens with one attached hydrogen (secondary N) is 2. The summed E-state index contributed by atoms with van der Waals surface area (Å²) >= 11 is 0. The second-order valence-corrected chi connectivity index (χ2v) is 6.30. The molecule has 2 N–H and O–H groups in total. The van der Waals surface area contributed by atoms with Crippen LogP contribution in [-0.2, 0) is 19.9 Å². The fourth-order valence-electron chi connectivity index (χ4n) is 3.74. The molecule has 1 aromatic carbocycles. The minimum absolute atomic E-state index is 0.330. The Morgan fingerprint density at radius 1 is 1.26 bits per heavy atom. The van der Waals surface area contributed by atoms with Crippen LogP contribution < -0.4 is 5.76 Å². The molecule has 0 saturated carbocycles. The van der Waals surface area contributed by atoms with Gasteiger partial charge in [0.15, 0.2) is 5.58 Å². The molecule has 0 amide bonds. The summed E-state index contributed by atoms with van der Waals surface area (Å²) in [4.78, 5) is 15.2. The number of aryl methyl sites for hydroxylation is 3. The highest BCUT2D eigenvalue weighted by Gasteiger charge is 2.23. The Bertz CT molecular complexity index is 1140. The molecule has 0 atom stereocenters. The second kappa shape index (κ2) is 4.16. The third-order valence-electron chi connectivity index (χ3n) is 4.98. The van der Waals surface area contributed by atoms with E-state index in [0.29, 0.717) is 5.58 Å². The van der Waals surface area contributed by atoms with Gasteiger partial charge < -0.3 is 9.40 Å². The molecule has 6 nitrogen and oxygen atoms in total. The molecular weight excluding hydrogens is 292 g/mol. The van der Waals surface area contributed by atoms with Crippen LogP contribution in [0.2, 0.25) is 0 Å². The summed E-state index contributed by atoms with van der Waals surface area (Å²) in [6.07, 6.45) is 3.13. The first-order valence-corrected chi connectivity index (χ1v) is 7.82. The summed E-state index contributed by atoms with van der Waals surface area (Å²) in [6.45, 7) is 2.07. The standard InChI is InChI=1S/C17H16N4O2/c1-8-9-4-3-5-10-11-6-13-14(23-17(22)21(13)2)7-12(11)18-15(10)16(9)20-19-8/h6-7,18H,3-5H2,1-2H3,(H,19,20). The van der Waals surface area contributed by atoms with Crippen LogP contribution in [0.3, 0.4) is 0 Å². The van der Waals surface area contributed by atoms with Gasteiger partial charge in [0.2, 0.25) is 0 Å². The van der Waals surface area contributed by atoms with Crippen LogP contribution in [0.25, 0.3) is 33.4 Å². The molecule has 6 heteroatoms. The van der Waals surface area contributed by atoms with E-state index in [1.54, 1.807) is 11.6 Å². The minimum Gasteiger partial charge on any atom is -0.408 e. The molecule has 1 aliphatic carbocycles. The number of H-pyrrole nitrogens is 2. The van der Waals surface area contributed by atoms with E-state index in [9.17, 15) is 4.79 Å². The highest BCUT2D eigenvalue weighted by atomic mass is 16.4. The lowest BCUT2D eigenvalue weighted by atomic mass is 10.1. The second-order valence-electron chi connectivity index (χ2n) is 6.30. The molecule has 1 aliphatic rings. The topological polar surface area (TPSA) is 79.6 Å². The van der Waals surface area contributed by atoms with E-state index in [0.717, 1.165) is 52.8 Å². The number of hydrogen-bond donors (Lipinski definition) is 2. The normalized spacial score (nSPS) is 14.2. The average molecular weight is 308 g/mol. The summed E-state index contributed by atoms with van der Waals surface area (Å²) in [5, 5.41) is 8.76. The Kier molecular flexibility index (Phi) is 2.30. The summed E-state index contributed by atoms with van der Waals surface area (Å²) in [7, 11) is 1.74. The van der Waals surface area contributed by atoms with Crippen molar-refractivity contribution in [2.24, 2.45) is 7.05 Å². The number of oxazole rings is 1. The predicted octanol–water partition coefficient (Wildman–Crippen LogP) is 2.80. The molecule has 0 unspecified atom stereocenters. The van der Waals surface area contributed by atoms with Crippen molar-refractivity contribution in [3.05, 3.63) is 39.5 Å². The number of aromatic nitrogens is 4. The molecule has 0 spiro atoms. The smallest absolute Gasteiger partial charge is 0.408 e. The van der Waals surface area contributed by atoms with E-state index in [1.807, 2.05) is 6.07 Å². The molecule has 5 rings (SSSR count). The van der Waals surface area contributed by atoms with E-state index in [1.165, 1.54) is 11.1 Å². The van der Waals surface area contributed by atoms with Crippen LogP contribution in [0.15, 0.2) is 21.3 Å². The van der Waals surface area contributed by atoms with E-state index in [4.69, 9.17) is 4.42 Å². The average Bonchev–Trinajstić information content (AvgIpc) is 3.10. The lowest BCUT2D eigenvalue weighted by Crippen LogP contribution is -2.08. The van der Waals surface area contributed by atoms with Crippen LogP contribution >= 0.6 is 0 Å². The predicted molar refractivity (Wildman–Crippen MR) is 87.7 cm³/mol. The molecule has 4 aromatic rings. The van der Waals surface area contributed by atoms with Gasteiger partial charge in [-0.3, -0.25) is 9.67 Å². The van der Waals surface area contributed by atoms with Crippen molar-refractivity contribution in [3.63, 3.8) is 0 Å². The van der Waals surface area contributed by atoms with Crippen LogP contribution in [0, 0.1) is 6.92 Å². The molecule has 0 fully saturated rings. The van der Waals surface area contributed by atoms with Gasteiger partial charge in [-0.05, 0) is 37.8 Å². The highest BCUT2D eigenvalue weighted by molar-refractivity contribution is 5.98. The molecule has 0 saturated heterocycles. The third-order valence-corrected chi connectivity index (χ3v) is 4.98. The summed E-state index contributed by atoms with van der Waals surface area (Å²) in [5.74, 6) is -0.330. The molecule has 3 aromatic heterocycles. The zero-order valence-corrected chi connectivity index (χ0v) is 13.0. The quantitative estimate of drug-likeness (QED) is 0.524. The lowest BCUT2D eigenvalue weighted by molar-refractivity contribution is 0.528. The van der Waals surface area contributed by atoms with E-state index < -0.39 is 0 Å². The fraction of sp³-hybridized carbons (Fsp3) is 0.294. The van der Waals surface area contributed by atoms with Gasteiger partial charge in [0.05, 0.1) is 16.7 Å². The number of aromatic amines is 2. The van der Waals surface area contributed by atoms with Gasteiger partial charge in [0, 0.05) is 29.8 Å². The number of fused-ring (bicyclic) bond motifs is 6. The van der Waals surface area contributed by atoms with Gasteiger partial charge in [0.25, 0.3) is 0 Å². The van der Waals surface area contributed by atoms with E-state index in [2.05, 4.69) is 28.2 Å². The molecule has 0 bridgehead atoms. The van der Waals surface area contributed by atoms with Gasteiger partial charge in [-0.25, -0.2) is 4.79 Å². The maximum absolute atomic E-state index is 11.7. The summed E-state index contributed by atoms with van der Waals surface area (Å²) < 4.78 is 6.85. The highest BCUT2D eigenvalue weighted by Crippen LogP contribution is 2.37. The Balaban J connectivity index is 1.89. The SMILES string of the molecule is Cc1[nH]nc2c1CCCc1c-2[nH]c2cc3oc(=O)n(C)c3cc12. The number of hydrogen-bond acceptors (Lipinski definition) is 3. The molecule has 0 radical (unpaired) electrons. The number of rotatable bonds is 0. The third kappa shape index (κ3) is 1.58. The molecule has 3 heterocycles. The number of nitrogens with zero attached hydrogens (tertiary/aromatic N) is 2. The van der Waals surface area contributed by atoms with Crippen LogP contribution in [0.1, 0.15) is 23.2 Å². The maximum Gasteiger partial charge on any atom is 0.419 e. The largest absolute Gasteiger partial charge is 0.419 e. The van der Waals surface area contributed by atoms with Crippen molar-refractivity contribution in [2.45, 2.75) is 26.2 Å². The Labute approximate surface area is 131 Å². The monoisotopic (exact) mass is 308 g/mol. The number of benzene rings is 1. The fourth-order valence-corrected chi connectivity index (χ4v) is 3.74. The van der Waals surface area contributed by atoms with Crippen LogP contribution in [-0.4, -0.2) is 19.7 Å². The van der Waals surface area contributed by atoms with E-state index in [-0.39, 0.29) is 5.76 Å². The van der Waals surface area contributed by atoms with Gasteiger partial charge >= 0.3 is 5.76 Å². The van der Waals surface area contributed by atoms with Crippen molar-refractivity contribution in [2.75, 3.05) is 0 Å². The van der Waals surface area contributed by atoms with E-state index >= 15 is 0 Å². The van der Waals surface area contributed by atoms with Crippen LogP contribution in [0.5, 0.6) is 0 Å². The van der Waals surface area contributed by atoms with Gasteiger partial charge in [0.1, 0.15) is 5.69 Å².